The molecule has 4 aromatic rings. The molecule has 0 saturated carbocycles. The molecule has 32 heavy (non-hydrogen) atoms. The van der Waals surface area contributed by atoms with Gasteiger partial charge in [0.15, 0.2) is 16.0 Å². The van der Waals surface area contributed by atoms with Gasteiger partial charge in [0.1, 0.15) is 5.58 Å². The second-order valence-electron chi connectivity index (χ2n) is 6.80. The fraction of sp³-hybridized carbons (Fsp3) is 0.190. The zero-order valence-electron chi connectivity index (χ0n) is 17.0. The number of fused-ring (bicyclic) bond motifs is 2. The van der Waals surface area contributed by atoms with E-state index in [-0.39, 0.29) is 21.7 Å². The van der Waals surface area contributed by atoms with Crippen molar-refractivity contribution in [1.29, 1.82) is 0 Å². The van der Waals surface area contributed by atoms with E-state index in [4.69, 9.17) is 14.3 Å². The predicted molar refractivity (Wildman–Crippen MR) is 120 cm³/mol. The van der Waals surface area contributed by atoms with Crippen LogP contribution in [0.3, 0.4) is 0 Å². The Hall–Kier alpha value is -3.12. The summed E-state index contributed by atoms with van der Waals surface area (Å²) in [7, 11) is -3.88. The van der Waals surface area contributed by atoms with E-state index in [1.54, 1.807) is 34.9 Å². The molecule has 2 aromatic heterocycles. The Bertz CT molecular complexity index is 1560. The van der Waals surface area contributed by atoms with Crippen LogP contribution >= 0.6 is 11.3 Å². The van der Waals surface area contributed by atoms with Gasteiger partial charge in [-0.1, -0.05) is 23.5 Å². The molecule has 0 aliphatic rings. The maximum atomic E-state index is 12.8. The molecule has 0 bridgehead atoms. The molecule has 2 heterocycles. The Morgan fingerprint density at radius 1 is 1.22 bits per heavy atom. The van der Waals surface area contributed by atoms with Gasteiger partial charge >= 0.3 is 5.91 Å². The number of carbonyl (C=O) groups excluding carboxylic acids is 1. The zero-order chi connectivity index (χ0) is 22.9. The van der Waals surface area contributed by atoms with Crippen molar-refractivity contribution in [2.24, 2.45) is 10.1 Å². The normalized spacial score (nSPS) is 12.6. The number of para-hydroxylation sites is 1. The number of sulfonamides is 1. The average Bonchev–Trinajstić information content (AvgIpc) is 3.09. The number of rotatable bonds is 6. The summed E-state index contributed by atoms with van der Waals surface area (Å²) in [6.45, 7) is 3.14. The molecule has 2 N–H and O–H groups in total. The Morgan fingerprint density at radius 3 is 2.75 bits per heavy atom. The van der Waals surface area contributed by atoms with Crippen LogP contribution < -0.4 is 15.4 Å². The molecule has 11 heteroatoms. The number of hydrogen-bond donors (Lipinski definition) is 1. The lowest BCUT2D eigenvalue weighted by molar-refractivity contribution is 0.0971. The maximum absolute atomic E-state index is 12.8. The van der Waals surface area contributed by atoms with Gasteiger partial charge in [-0.25, -0.2) is 13.6 Å². The van der Waals surface area contributed by atoms with E-state index in [0.717, 1.165) is 17.4 Å². The molecular weight excluding hydrogens is 454 g/mol. The molecule has 1 amide bonds. The van der Waals surface area contributed by atoms with E-state index in [9.17, 15) is 18.0 Å². The minimum atomic E-state index is -3.88. The van der Waals surface area contributed by atoms with Gasteiger partial charge in [-0.3, -0.25) is 9.59 Å². The largest absolute Gasteiger partial charge is 0.451 e. The first kappa shape index (κ1) is 22.1. The van der Waals surface area contributed by atoms with E-state index in [1.165, 1.54) is 12.1 Å². The minimum Gasteiger partial charge on any atom is -0.451 e. The molecule has 0 unspecified atom stereocenters. The van der Waals surface area contributed by atoms with Crippen molar-refractivity contribution in [3.63, 3.8) is 0 Å². The van der Waals surface area contributed by atoms with Gasteiger partial charge in [0, 0.05) is 19.2 Å². The summed E-state index contributed by atoms with van der Waals surface area (Å²) >= 11 is 1.12. The molecular formula is C21H19N3O6S2. The SMILES string of the molecule is CCOCCn1c(=NC(=O)c2cc(=O)c3ccccc3o2)sc2cc(S(N)(=O)=O)ccc21. The van der Waals surface area contributed by atoms with Crippen LogP contribution in [0.25, 0.3) is 21.2 Å². The highest BCUT2D eigenvalue weighted by molar-refractivity contribution is 7.89. The molecule has 0 fully saturated rings. The molecule has 9 nitrogen and oxygen atoms in total. The summed E-state index contributed by atoms with van der Waals surface area (Å²) < 4.78 is 36.8. The molecule has 2 aromatic carbocycles. The van der Waals surface area contributed by atoms with Crippen molar-refractivity contribution in [2.75, 3.05) is 13.2 Å². The molecule has 0 radical (unpaired) electrons. The number of amides is 1. The molecule has 0 aliphatic carbocycles. The van der Waals surface area contributed by atoms with Crippen molar-refractivity contribution in [2.45, 2.75) is 18.4 Å². The summed E-state index contributed by atoms with van der Waals surface area (Å²) in [5.74, 6) is -0.913. The van der Waals surface area contributed by atoms with Gasteiger partial charge in [-0.05, 0) is 37.3 Å². The number of hydrogen-bond acceptors (Lipinski definition) is 7. The molecule has 0 aliphatic heterocycles. The molecule has 0 saturated heterocycles. The van der Waals surface area contributed by atoms with Gasteiger partial charge in [0.2, 0.25) is 10.0 Å². The van der Waals surface area contributed by atoms with E-state index in [1.807, 2.05) is 6.92 Å². The monoisotopic (exact) mass is 473 g/mol. The zero-order valence-corrected chi connectivity index (χ0v) is 18.6. The van der Waals surface area contributed by atoms with Gasteiger partial charge in [0.25, 0.3) is 0 Å². The lowest BCUT2D eigenvalue weighted by Crippen LogP contribution is -2.20. The first-order chi connectivity index (χ1) is 15.3. The lowest BCUT2D eigenvalue weighted by atomic mass is 10.2. The molecule has 166 valence electrons. The first-order valence-electron chi connectivity index (χ1n) is 9.64. The van der Waals surface area contributed by atoms with Crippen LogP contribution in [0.15, 0.2) is 67.6 Å². The fourth-order valence-electron chi connectivity index (χ4n) is 3.18. The first-order valence-corrected chi connectivity index (χ1v) is 12.0. The highest BCUT2D eigenvalue weighted by atomic mass is 32.2. The molecule has 4 rings (SSSR count). The van der Waals surface area contributed by atoms with E-state index in [2.05, 4.69) is 4.99 Å². The van der Waals surface area contributed by atoms with E-state index < -0.39 is 15.9 Å². The van der Waals surface area contributed by atoms with Crippen molar-refractivity contribution in [1.82, 2.24) is 4.57 Å². The topological polar surface area (TPSA) is 134 Å². The summed E-state index contributed by atoms with van der Waals surface area (Å²) in [5, 5.41) is 5.61. The second-order valence-corrected chi connectivity index (χ2v) is 9.37. The highest BCUT2D eigenvalue weighted by Gasteiger charge is 2.15. The van der Waals surface area contributed by atoms with Crippen molar-refractivity contribution in [3.8, 4) is 0 Å². The van der Waals surface area contributed by atoms with Gasteiger partial charge in [-0.15, -0.1) is 0 Å². The number of benzene rings is 2. The summed E-state index contributed by atoms with van der Waals surface area (Å²) in [6.07, 6.45) is 0. The van der Waals surface area contributed by atoms with Gasteiger partial charge in [-0.2, -0.15) is 4.99 Å². The van der Waals surface area contributed by atoms with Crippen LogP contribution in [-0.4, -0.2) is 32.1 Å². The van der Waals surface area contributed by atoms with Crippen LogP contribution in [0.1, 0.15) is 17.5 Å². The van der Waals surface area contributed by atoms with Crippen LogP contribution in [0.5, 0.6) is 0 Å². The average molecular weight is 474 g/mol. The van der Waals surface area contributed by atoms with Crippen molar-refractivity contribution < 1.29 is 22.4 Å². The van der Waals surface area contributed by atoms with Crippen LogP contribution in [0, 0.1) is 0 Å². The van der Waals surface area contributed by atoms with Crippen LogP contribution in [-0.2, 0) is 21.3 Å². The Balaban J connectivity index is 1.85. The number of thiazole rings is 1. The van der Waals surface area contributed by atoms with Crippen molar-refractivity contribution in [3.05, 3.63) is 69.3 Å². The number of ether oxygens (including phenoxy) is 1. The number of nitrogens with two attached hydrogens (primary N) is 1. The number of carbonyl (C=O) groups is 1. The van der Waals surface area contributed by atoms with Gasteiger partial charge in [0.05, 0.1) is 27.1 Å². The van der Waals surface area contributed by atoms with E-state index >= 15 is 0 Å². The second kappa shape index (κ2) is 8.79. The maximum Gasteiger partial charge on any atom is 0.315 e. The quantitative estimate of drug-likeness (QED) is 0.427. The Morgan fingerprint density at radius 2 is 2.00 bits per heavy atom. The summed E-state index contributed by atoms with van der Waals surface area (Å²) in [6, 6.07) is 12.2. The number of nitrogens with zero attached hydrogens (tertiary/aromatic N) is 2. The molecule has 0 atom stereocenters. The summed E-state index contributed by atoms with van der Waals surface area (Å²) in [5.41, 5.74) is 0.620. The Labute approximate surface area is 186 Å². The third kappa shape index (κ3) is 4.41. The third-order valence-corrected chi connectivity index (χ3v) is 6.64. The van der Waals surface area contributed by atoms with E-state index in [0.29, 0.717) is 40.2 Å². The van der Waals surface area contributed by atoms with Crippen LogP contribution in [0.2, 0.25) is 0 Å². The van der Waals surface area contributed by atoms with Crippen molar-refractivity contribution >= 4 is 48.5 Å². The Kier molecular flexibility index (Phi) is 6.07. The summed E-state index contributed by atoms with van der Waals surface area (Å²) in [4.78, 5) is 29.6. The predicted octanol–water partition coefficient (Wildman–Crippen LogP) is 2.23. The smallest absolute Gasteiger partial charge is 0.315 e. The minimum absolute atomic E-state index is 0.0402. The fourth-order valence-corrected chi connectivity index (χ4v) is 4.89. The van der Waals surface area contributed by atoms with Gasteiger partial charge < -0.3 is 13.7 Å². The molecule has 0 spiro atoms. The number of primary sulfonamides is 1. The highest BCUT2D eigenvalue weighted by Crippen LogP contribution is 2.21. The number of aromatic nitrogens is 1. The van der Waals surface area contributed by atoms with Crippen LogP contribution in [0.4, 0.5) is 0 Å². The third-order valence-electron chi connectivity index (χ3n) is 4.69. The standard InChI is InChI=1S/C21H19N3O6S2/c1-2-29-10-9-24-15-8-7-13(32(22,27)28)11-19(15)31-21(24)23-20(26)18-12-16(25)14-5-3-4-6-17(14)30-18/h3-8,11-12H,2,9-10H2,1H3,(H2,22,27,28). The lowest BCUT2D eigenvalue weighted by Gasteiger charge is -2.06.